The van der Waals surface area contributed by atoms with Crippen LogP contribution < -0.4 is 14.8 Å². The fourth-order valence-corrected chi connectivity index (χ4v) is 2.45. The molecular formula is C17H17Cl2NO3. The van der Waals surface area contributed by atoms with Crippen molar-refractivity contribution in [2.45, 2.75) is 6.42 Å². The largest absolute Gasteiger partial charge is 0.497 e. The van der Waals surface area contributed by atoms with Gasteiger partial charge in [-0.05, 0) is 36.2 Å². The minimum atomic E-state index is -0.196. The second-order valence-electron chi connectivity index (χ2n) is 4.80. The SMILES string of the molecule is COc1cccc(OCC(=O)NCCc2ccc(Cl)cc2Cl)c1. The molecule has 1 N–H and O–H groups in total. The topological polar surface area (TPSA) is 47.6 Å². The molecule has 0 saturated carbocycles. The van der Waals surface area contributed by atoms with E-state index in [0.717, 1.165) is 5.56 Å². The monoisotopic (exact) mass is 353 g/mol. The van der Waals surface area contributed by atoms with E-state index in [0.29, 0.717) is 34.5 Å². The molecule has 2 aromatic carbocycles. The molecule has 2 rings (SSSR count). The molecule has 0 atom stereocenters. The second kappa shape index (κ2) is 8.65. The van der Waals surface area contributed by atoms with E-state index in [-0.39, 0.29) is 12.5 Å². The lowest BCUT2D eigenvalue weighted by Gasteiger charge is -2.09. The molecule has 4 nitrogen and oxygen atoms in total. The van der Waals surface area contributed by atoms with Crippen LogP contribution in [0.3, 0.4) is 0 Å². The fraction of sp³-hybridized carbons (Fsp3) is 0.235. The van der Waals surface area contributed by atoms with Crippen LogP contribution in [-0.2, 0) is 11.2 Å². The first-order chi connectivity index (χ1) is 11.1. The number of hydrogen-bond acceptors (Lipinski definition) is 3. The van der Waals surface area contributed by atoms with Crippen molar-refractivity contribution < 1.29 is 14.3 Å². The maximum absolute atomic E-state index is 11.8. The Morgan fingerprint density at radius 1 is 1.13 bits per heavy atom. The summed E-state index contributed by atoms with van der Waals surface area (Å²) in [6.45, 7) is 0.420. The average Bonchev–Trinajstić information content (AvgIpc) is 2.55. The van der Waals surface area contributed by atoms with Crippen LogP contribution in [0.1, 0.15) is 5.56 Å². The normalized spacial score (nSPS) is 10.2. The third kappa shape index (κ3) is 5.66. The lowest BCUT2D eigenvalue weighted by molar-refractivity contribution is -0.123. The van der Waals surface area contributed by atoms with Gasteiger partial charge in [0, 0.05) is 22.7 Å². The molecule has 0 bridgehead atoms. The van der Waals surface area contributed by atoms with E-state index in [9.17, 15) is 4.79 Å². The number of carbonyl (C=O) groups is 1. The van der Waals surface area contributed by atoms with Crippen LogP contribution in [0.15, 0.2) is 42.5 Å². The molecule has 23 heavy (non-hydrogen) atoms. The van der Waals surface area contributed by atoms with E-state index in [4.69, 9.17) is 32.7 Å². The Balaban J connectivity index is 1.74. The summed E-state index contributed by atoms with van der Waals surface area (Å²) in [6.07, 6.45) is 0.626. The zero-order chi connectivity index (χ0) is 16.7. The summed E-state index contributed by atoms with van der Waals surface area (Å²) in [7, 11) is 1.58. The number of amides is 1. The lowest BCUT2D eigenvalue weighted by Crippen LogP contribution is -2.30. The molecule has 0 fully saturated rings. The highest BCUT2D eigenvalue weighted by molar-refractivity contribution is 6.35. The van der Waals surface area contributed by atoms with Gasteiger partial charge in [-0.2, -0.15) is 0 Å². The van der Waals surface area contributed by atoms with Crippen molar-refractivity contribution in [1.82, 2.24) is 5.32 Å². The molecule has 0 saturated heterocycles. The van der Waals surface area contributed by atoms with Crippen molar-refractivity contribution in [2.75, 3.05) is 20.3 Å². The highest BCUT2D eigenvalue weighted by Gasteiger charge is 2.05. The van der Waals surface area contributed by atoms with Gasteiger partial charge >= 0.3 is 0 Å². The first kappa shape index (κ1) is 17.4. The van der Waals surface area contributed by atoms with Gasteiger partial charge in [0.25, 0.3) is 5.91 Å². The summed E-state index contributed by atoms with van der Waals surface area (Å²) < 4.78 is 10.5. The summed E-state index contributed by atoms with van der Waals surface area (Å²) in [4.78, 5) is 11.8. The highest BCUT2D eigenvalue weighted by Crippen LogP contribution is 2.21. The van der Waals surface area contributed by atoms with Gasteiger partial charge in [-0.3, -0.25) is 4.79 Å². The van der Waals surface area contributed by atoms with Crippen LogP contribution >= 0.6 is 23.2 Å². The van der Waals surface area contributed by atoms with E-state index in [1.807, 2.05) is 12.1 Å². The van der Waals surface area contributed by atoms with Crippen LogP contribution in [0, 0.1) is 0 Å². The van der Waals surface area contributed by atoms with Crippen molar-refractivity contribution in [3.63, 3.8) is 0 Å². The standard InChI is InChI=1S/C17H17Cl2NO3/c1-22-14-3-2-4-15(10-14)23-11-17(21)20-8-7-12-5-6-13(18)9-16(12)19/h2-6,9-10H,7-8,11H2,1H3,(H,20,21). The van der Waals surface area contributed by atoms with Gasteiger partial charge in [-0.15, -0.1) is 0 Å². The summed E-state index contributed by atoms with van der Waals surface area (Å²) in [5.74, 6) is 1.07. The summed E-state index contributed by atoms with van der Waals surface area (Å²) in [5.41, 5.74) is 0.935. The third-order valence-electron chi connectivity index (χ3n) is 3.14. The van der Waals surface area contributed by atoms with Crippen molar-refractivity contribution in [2.24, 2.45) is 0 Å². The van der Waals surface area contributed by atoms with Crippen LogP contribution in [0.25, 0.3) is 0 Å². The molecule has 2 aromatic rings. The predicted octanol–water partition coefficient (Wildman–Crippen LogP) is 3.74. The molecule has 6 heteroatoms. The average molecular weight is 354 g/mol. The molecule has 0 heterocycles. The molecular weight excluding hydrogens is 337 g/mol. The molecule has 0 aromatic heterocycles. The summed E-state index contributed by atoms with van der Waals surface area (Å²) >= 11 is 11.9. The minimum absolute atomic E-state index is 0.0541. The van der Waals surface area contributed by atoms with Crippen molar-refractivity contribution in [1.29, 1.82) is 0 Å². The molecule has 0 unspecified atom stereocenters. The van der Waals surface area contributed by atoms with Gasteiger partial charge in [0.2, 0.25) is 0 Å². The zero-order valence-electron chi connectivity index (χ0n) is 12.6. The number of benzene rings is 2. The van der Waals surface area contributed by atoms with E-state index < -0.39 is 0 Å². The number of halogens is 2. The fourth-order valence-electron chi connectivity index (χ4n) is 1.95. The Labute approximate surface area is 145 Å². The smallest absolute Gasteiger partial charge is 0.257 e. The third-order valence-corrected chi connectivity index (χ3v) is 3.73. The number of carbonyl (C=O) groups excluding carboxylic acids is 1. The Hall–Kier alpha value is -1.91. The van der Waals surface area contributed by atoms with Crippen molar-refractivity contribution in [3.8, 4) is 11.5 Å². The number of nitrogens with one attached hydrogen (secondary N) is 1. The van der Waals surface area contributed by atoms with Gasteiger partial charge in [-0.25, -0.2) is 0 Å². The van der Waals surface area contributed by atoms with Gasteiger partial charge in [0.1, 0.15) is 11.5 Å². The Kier molecular flexibility index (Phi) is 6.56. The van der Waals surface area contributed by atoms with Crippen LogP contribution in [0.5, 0.6) is 11.5 Å². The van der Waals surface area contributed by atoms with Gasteiger partial charge in [0.15, 0.2) is 6.61 Å². The zero-order valence-corrected chi connectivity index (χ0v) is 14.2. The molecule has 0 radical (unpaired) electrons. The highest BCUT2D eigenvalue weighted by atomic mass is 35.5. The van der Waals surface area contributed by atoms with Crippen molar-refractivity contribution >= 4 is 29.1 Å². The Bertz CT molecular complexity index is 677. The summed E-state index contributed by atoms with van der Waals surface area (Å²) in [5, 5.41) is 3.97. The minimum Gasteiger partial charge on any atom is -0.497 e. The van der Waals surface area contributed by atoms with E-state index in [1.165, 1.54) is 0 Å². The second-order valence-corrected chi connectivity index (χ2v) is 5.65. The number of rotatable bonds is 7. The molecule has 1 amide bonds. The van der Waals surface area contributed by atoms with E-state index in [2.05, 4.69) is 5.32 Å². The predicted molar refractivity (Wildman–Crippen MR) is 91.7 cm³/mol. The van der Waals surface area contributed by atoms with Crippen LogP contribution in [0.4, 0.5) is 0 Å². The molecule has 0 aliphatic rings. The number of methoxy groups -OCH3 is 1. The Morgan fingerprint density at radius 3 is 2.65 bits per heavy atom. The van der Waals surface area contributed by atoms with Gasteiger partial charge in [0.05, 0.1) is 7.11 Å². The molecule has 0 aliphatic heterocycles. The van der Waals surface area contributed by atoms with E-state index in [1.54, 1.807) is 37.4 Å². The van der Waals surface area contributed by atoms with E-state index >= 15 is 0 Å². The van der Waals surface area contributed by atoms with Crippen LogP contribution in [0.2, 0.25) is 10.0 Å². The van der Waals surface area contributed by atoms with Gasteiger partial charge < -0.3 is 14.8 Å². The first-order valence-corrected chi connectivity index (χ1v) is 7.81. The maximum atomic E-state index is 11.8. The van der Waals surface area contributed by atoms with Crippen LogP contribution in [-0.4, -0.2) is 26.2 Å². The molecule has 0 spiro atoms. The van der Waals surface area contributed by atoms with Gasteiger partial charge in [-0.1, -0.05) is 35.3 Å². The number of hydrogen-bond donors (Lipinski definition) is 1. The first-order valence-electron chi connectivity index (χ1n) is 7.06. The lowest BCUT2D eigenvalue weighted by atomic mass is 10.1. The Morgan fingerprint density at radius 2 is 1.91 bits per heavy atom. The quantitative estimate of drug-likeness (QED) is 0.824. The molecule has 0 aliphatic carbocycles. The maximum Gasteiger partial charge on any atom is 0.257 e. The summed E-state index contributed by atoms with van der Waals surface area (Å²) in [6, 6.07) is 12.4. The molecule has 122 valence electrons. The van der Waals surface area contributed by atoms with Crippen molar-refractivity contribution in [3.05, 3.63) is 58.1 Å². The number of ether oxygens (including phenoxy) is 2.